The fourth-order valence-corrected chi connectivity index (χ4v) is 2.44. The predicted octanol–water partition coefficient (Wildman–Crippen LogP) is 3.89. The summed E-state index contributed by atoms with van der Waals surface area (Å²) in [5.41, 5.74) is 2.68. The smallest absolute Gasteiger partial charge is 0.0717 e. The molecule has 1 aromatic rings. The third-order valence-corrected chi connectivity index (χ3v) is 3.70. The zero-order chi connectivity index (χ0) is 12.6. The van der Waals surface area contributed by atoms with Crippen LogP contribution in [0, 0.1) is 0 Å². The zero-order valence-electron chi connectivity index (χ0n) is 11.5. The largest absolute Gasteiger partial charge is 0.375 e. The highest BCUT2D eigenvalue weighted by Gasteiger charge is 2.08. The van der Waals surface area contributed by atoms with Crippen molar-refractivity contribution in [2.75, 3.05) is 26.2 Å². The zero-order valence-corrected chi connectivity index (χ0v) is 11.5. The van der Waals surface area contributed by atoms with Crippen molar-refractivity contribution in [3.05, 3.63) is 35.4 Å². The van der Waals surface area contributed by atoms with Crippen molar-refractivity contribution < 1.29 is 4.74 Å². The van der Waals surface area contributed by atoms with Crippen molar-refractivity contribution in [3.8, 4) is 0 Å². The SMILES string of the molecule is C.CCc1ccc(COCCN2CCCCC2)cc1. The van der Waals surface area contributed by atoms with E-state index in [0.29, 0.717) is 0 Å². The number of benzene rings is 1. The van der Waals surface area contributed by atoms with Gasteiger partial charge in [-0.3, -0.25) is 0 Å². The van der Waals surface area contributed by atoms with Gasteiger partial charge in [0.15, 0.2) is 0 Å². The van der Waals surface area contributed by atoms with Gasteiger partial charge in [0.2, 0.25) is 0 Å². The maximum Gasteiger partial charge on any atom is 0.0717 e. The first-order chi connectivity index (χ1) is 8.88. The summed E-state index contributed by atoms with van der Waals surface area (Å²) in [5, 5.41) is 0. The van der Waals surface area contributed by atoms with E-state index >= 15 is 0 Å². The molecule has 2 rings (SSSR count). The minimum absolute atomic E-state index is 0. The summed E-state index contributed by atoms with van der Waals surface area (Å²) in [6.07, 6.45) is 5.23. The van der Waals surface area contributed by atoms with E-state index in [4.69, 9.17) is 4.74 Å². The van der Waals surface area contributed by atoms with Crippen LogP contribution in [0.1, 0.15) is 44.7 Å². The van der Waals surface area contributed by atoms with E-state index in [1.807, 2.05) is 0 Å². The first-order valence-corrected chi connectivity index (χ1v) is 7.26. The van der Waals surface area contributed by atoms with Gasteiger partial charge in [-0.1, -0.05) is 45.0 Å². The molecule has 0 bridgehead atoms. The van der Waals surface area contributed by atoms with Crippen LogP contribution in [0.3, 0.4) is 0 Å². The lowest BCUT2D eigenvalue weighted by Gasteiger charge is -2.26. The van der Waals surface area contributed by atoms with Crippen LogP contribution in [0.15, 0.2) is 24.3 Å². The van der Waals surface area contributed by atoms with Crippen molar-refractivity contribution in [3.63, 3.8) is 0 Å². The van der Waals surface area contributed by atoms with Gasteiger partial charge in [0.05, 0.1) is 13.2 Å². The van der Waals surface area contributed by atoms with Crippen LogP contribution in [0.25, 0.3) is 0 Å². The van der Waals surface area contributed by atoms with Gasteiger partial charge in [-0.05, 0) is 43.5 Å². The molecule has 1 aromatic carbocycles. The number of likely N-dealkylation sites (tertiary alicyclic amines) is 1. The molecule has 1 fully saturated rings. The van der Waals surface area contributed by atoms with Gasteiger partial charge in [0.25, 0.3) is 0 Å². The van der Waals surface area contributed by atoms with Crippen LogP contribution in [0.2, 0.25) is 0 Å². The Balaban J connectivity index is 0.00000180. The van der Waals surface area contributed by atoms with Crippen LogP contribution >= 0.6 is 0 Å². The first kappa shape index (κ1) is 16.2. The maximum absolute atomic E-state index is 5.75. The van der Waals surface area contributed by atoms with E-state index in [1.165, 1.54) is 43.5 Å². The topological polar surface area (TPSA) is 12.5 Å². The minimum atomic E-state index is 0. The average molecular weight is 263 g/mol. The molecule has 0 amide bonds. The fourth-order valence-electron chi connectivity index (χ4n) is 2.44. The number of ether oxygens (including phenoxy) is 1. The number of nitrogens with zero attached hydrogens (tertiary/aromatic N) is 1. The third-order valence-electron chi connectivity index (χ3n) is 3.70. The molecule has 1 saturated heterocycles. The lowest BCUT2D eigenvalue weighted by molar-refractivity contribution is 0.0863. The number of rotatable bonds is 6. The van der Waals surface area contributed by atoms with Gasteiger partial charge >= 0.3 is 0 Å². The van der Waals surface area contributed by atoms with E-state index in [1.54, 1.807) is 0 Å². The fraction of sp³-hybridized carbons (Fsp3) is 0.647. The predicted molar refractivity (Wildman–Crippen MR) is 82.5 cm³/mol. The highest BCUT2D eigenvalue weighted by Crippen LogP contribution is 2.09. The Labute approximate surface area is 118 Å². The molecule has 0 atom stereocenters. The number of aryl methyl sites for hydroxylation is 1. The quantitative estimate of drug-likeness (QED) is 0.722. The maximum atomic E-state index is 5.75. The molecule has 0 unspecified atom stereocenters. The monoisotopic (exact) mass is 263 g/mol. The number of hydrogen-bond acceptors (Lipinski definition) is 2. The van der Waals surface area contributed by atoms with Gasteiger partial charge in [-0.15, -0.1) is 0 Å². The normalized spacial score (nSPS) is 16.1. The van der Waals surface area contributed by atoms with Crippen LogP contribution in [-0.4, -0.2) is 31.1 Å². The molecule has 0 aliphatic carbocycles. The van der Waals surface area contributed by atoms with Crippen molar-refractivity contribution in [1.82, 2.24) is 4.90 Å². The Morgan fingerprint density at radius 2 is 1.63 bits per heavy atom. The van der Waals surface area contributed by atoms with Gasteiger partial charge < -0.3 is 9.64 Å². The minimum Gasteiger partial charge on any atom is -0.375 e. The van der Waals surface area contributed by atoms with Gasteiger partial charge in [0.1, 0.15) is 0 Å². The van der Waals surface area contributed by atoms with E-state index in [9.17, 15) is 0 Å². The van der Waals surface area contributed by atoms with Gasteiger partial charge in [-0.2, -0.15) is 0 Å². The Hall–Kier alpha value is -0.860. The molecule has 1 aliphatic rings. The van der Waals surface area contributed by atoms with Crippen LogP contribution in [-0.2, 0) is 17.8 Å². The molecule has 1 aliphatic heterocycles. The second-order valence-corrected chi connectivity index (χ2v) is 5.12. The van der Waals surface area contributed by atoms with E-state index in [0.717, 1.165) is 26.2 Å². The molecular formula is C17H29NO. The standard InChI is InChI=1S/C16H25NO.CH4/c1-2-15-6-8-16(9-7-15)14-18-13-12-17-10-4-3-5-11-17;/h6-9H,2-5,10-14H2,1H3;1H4. The van der Waals surface area contributed by atoms with E-state index in [-0.39, 0.29) is 7.43 Å². The summed E-state index contributed by atoms with van der Waals surface area (Å²) >= 11 is 0. The molecule has 0 saturated carbocycles. The Morgan fingerprint density at radius 3 is 2.26 bits per heavy atom. The van der Waals surface area contributed by atoms with Crippen molar-refractivity contribution in [1.29, 1.82) is 0 Å². The summed E-state index contributed by atoms with van der Waals surface area (Å²) in [6.45, 7) is 7.40. The Bertz CT molecular complexity index is 328. The van der Waals surface area contributed by atoms with Gasteiger partial charge in [-0.25, -0.2) is 0 Å². The molecule has 0 radical (unpaired) electrons. The average Bonchev–Trinajstić information content (AvgIpc) is 2.45. The summed E-state index contributed by atoms with van der Waals surface area (Å²) < 4.78 is 5.75. The summed E-state index contributed by atoms with van der Waals surface area (Å²) in [6, 6.07) is 8.76. The Morgan fingerprint density at radius 1 is 1.00 bits per heavy atom. The lowest BCUT2D eigenvalue weighted by Crippen LogP contribution is -2.32. The molecule has 2 nitrogen and oxygen atoms in total. The van der Waals surface area contributed by atoms with Crippen molar-refractivity contribution in [2.24, 2.45) is 0 Å². The highest BCUT2D eigenvalue weighted by molar-refractivity contribution is 5.21. The number of hydrogen-bond donors (Lipinski definition) is 0. The Kier molecular flexibility index (Phi) is 7.76. The molecular weight excluding hydrogens is 234 g/mol. The van der Waals surface area contributed by atoms with Crippen molar-refractivity contribution >= 4 is 0 Å². The van der Waals surface area contributed by atoms with E-state index in [2.05, 4.69) is 36.1 Å². The molecule has 2 heteroatoms. The summed E-state index contributed by atoms with van der Waals surface area (Å²) in [4.78, 5) is 2.52. The van der Waals surface area contributed by atoms with Crippen LogP contribution in [0.4, 0.5) is 0 Å². The van der Waals surface area contributed by atoms with Crippen molar-refractivity contribution in [2.45, 2.75) is 46.6 Å². The molecule has 1 heterocycles. The van der Waals surface area contributed by atoms with Crippen LogP contribution < -0.4 is 0 Å². The summed E-state index contributed by atoms with van der Waals surface area (Å²) in [5.74, 6) is 0. The first-order valence-electron chi connectivity index (χ1n) is 7.26. The third kappa shape index (κ3) is 5.75. The highest BCUT2D eigenvalue weighted by atomic mass is 16.5. The molecule has 0 N–H and O–H groups in total. The second kappa shape index (κ2) is 9.11. The van der Waals surface area contributed by atoms with E-state index < -0.39 is 0 Å². The molecule has 19 heavy (non-hydrogen) atoms. The molecule has 108 valence electrons. The summed E-state index contributed by atoms with van der Waals surface area (Å²) in [7, 11) is 0. The molecule has 0 spiro atoms. The lowest BCUT2D eigenvalue weighted by atomic mass is 10.1. The molecule has 0 aromatic heterocycles. The van der Waals surface area contributed by atoms with Crippen LogP contribution in [0.5, 0.6) is 0 Å². The second-order valence-electron chi connectivity index (χ2n) is 5.12. The number of piperidine rings is 1. The van der Waals surface area contributed by atoms with Gasteiger partial charge in [0, 0.05) is 6.54 Å².